The third kappa shape index (κ3) is 50.5. The van der Waals surface area contributed by atoms with Crippen molar-refractivity contribution >= 4 is 5.91 Å². The summed E-state index contributed by atoms with van der Waals surface area (Å²) in [4.78, 5) is 13.5. The second-order valence-corrected chi connectivity index (χ2v) is 33.5. The van der Waals surface area contributed by atoms with Crippen molar-refractivity contribution in [3.8, 4) is 0 Å². The lowest BCUT2D eigenvalue weighted by atomic mass is 9.96. The van der Waals surface area contributed by atoms with Crippen LogP contribution in [0.1, 0.15) is 412 Å². The molecule has 0 saturated carbocycles. The molecule has 17 atom stereocenters. The van der Waals surface area contributed by atoms with Gasteiger partial charge in [0, 0.05) is 6.42 Å². The summed E-state index contributed by atoms with van der Waals surface area (Å²) >= 11 is 0. The first-order valence-corrected chi connectivity index (χ1v) is 46.7. The Bertz CT molecular complexity index is 2140. The van der Waals surface area contributed by atoms with Gasteiger partial charge < -0.3 is 89.9 Å². The van der Waals surface area contributed by atoms with Crippen LogP contribution in [0.2, 0.25) is 0 Å². The summed E-state index contributed by atoms with van der Waals surface area (Å²) in [5, 5.41) is 121. The summed E-state index contributed by atoms with van der Waals surface area (Å²) in [5.74, 6) is -0.266. The molecule has 3 heterocycles. The number of amides is 1. The fraction of sp³-hybridized carbons (Fsp3) is 0.924. The minimum Gasteiger partial charge on any atom is -0.394 e. The summed E-state index contributed by atoms with van der Waals surface area (Å²) in [5.41, 5.74) is 0. The number of unbranched alkanes of at least 4 members (excludes halogenated alkanes) is 57. The van der Waals surface area contributed by atoms with Crippen molar-refractivity contribution in [2.45, 2.75) is 516 Å². The number of ether oxygens (including phenoxy) is 6. The fourth-order valence-electron chi connectivity index (χ4n) is 16.0. The van der Waals surface area contributed by atoms with Gasteiger partial charge in [0.1, 0.15) is 73.2 Å². The first kappa shape index (κ1) is 103. The predicted octanol–water partition coefficient (Wildman–Crippen LogP) is 18.2. The number of nitrogens with one attached hydrogen (secondary N) is 1. The molecule has 17 unspecified atom stereocenters. The highest BCUT2D eigenvalue weighted by atomic mass is 16.8. The molecule has 3 saturated heterocycles. The van der Waals surface area contributed by atoms with Crippen molar-refractivity contribution in [2.75, 3.05) is 26.4 Å². The molecule has 3 fully saturated rings. The second-order valence-electron chi connectivity index (χ2n) is 33.5. The molecule has 19 heteroatoms. The summed E-state index contributed by atoms with van der Waals surface area (Å²) < 4.78 is 34.6. The van der Waals surface area contributed by atoms with Crippen LogP contribution in [0.5, 0.6) is 0 Å². The predicted molar refractivity (Wildman–Crippen MR) is 448 cm³/mol. The molecule has 19 nitrogen and oxygen atoms in total. The Morgan fingerprint density at radius 1 is 0.324 bits per heavy atom. The molecule has 0 aromatic carbocycles. The van der Waals surface area contributed by atoms with Crippen molar-refractivity contribution in [3.63, 3.8) is 0 Å². The van der Waals surface area contributed by atoms with Crippen LogP contribution in [0.25, 0.3) is 0 Å². The van der Waals surface area contributed by atoms with Gasteiger partial charge in [0.05, 0.1) is 38.6 Å². The van der Waals surface area contributed by atoms with E-state index in [0.717, 1.165) is 51.4 Å². The third-order valence-corrected chi connectivity index (χ3v) is 23.4. The lowest BCUT2D eigenvalue weighted by molar-refractivity contribution is -0.379. The Labute approximate surface area is 676 Å². The molecule has 0 spiro atoms. The van der Waals surface area contributed by atoms with Crippen LogP contribution >= 0.6 is 0 Å². The molecular weight excluding hydrogens is 1410 g/mol. The molecule has 3 aliphatic rings. The van der Waals surface area contributed by atoms with E-state index in [1.54, 1.807) is 6.08 Å². The molecule has 654 valence electrons. The first-order valence-electron chi connectivity index (χ1n) is 46.7. The second kappa shape index (κ2) is 72.1. The zero-order valence-corrected chi connectivity index (χ0v) is 70.7. The van der Waals surface area contributed by atoms with E-state index in [0.29, 0.717) is 6.42 Å². The van der Waals surface area contributed by atoms with E-state index in [2.05, 4.69) is 43.5 Å². The van der Waals surface area contributed by atoms with Crippen LogP contribution in [-0.4, -0.2) is 193 Å². The molecule has 0 aromatic heterocycles. The van der Waals surface area contributed by atoms with Gasteiger partial charge in [0.15, 0.2) is 18.9 Å². The third-order valence-electron chi connectivity index (χ3n) is 23.4. The molecule has 111 heavy (non-hydrogen) atoms. The van der Waals surface area contributed by atoms with Gasteiger partial charge >= 0.3 is 0 Å². The van der Waals surface area contributed by atoms with Gasteiger partial charge in [0.2, 0.25) is 5.91 Å². The number of hydrogen-bond acceptors (Lipinski definition) is 18. The minimum atomic E-state index is -1.98. The Kier molecular flexibility index (Phi) is 67.0. The lowest BCUT2D eigenvalue weighted by Gasteiger charge is -2.48. The smallest absolute Gasteiger partial charge is 0.220 e. The zero-order valence-electron chi connectivity index (χ0n) is 70.7. The highest BCUT2D eigenvalue weighted by molar-refractivity contribution is 5.76. The average Bonchev–Trinajstić information content (AvgIpc) is 0.780. The summed E-state index contributed by atoms with van der Waals surface area (Å²) in [7, 11) is 0. The number of carbonyl (C=O) groups excluding carboxylic acids is 1. The topological polar surface area (TPSA) is 307 Å². The number of aliphatic hydroxyl groups is 11. The highest BCUT2D eigenvalue weighted by Gasteiger charge is 2.54. The van der Waals surface area contributed by atoms with E-state index in [1.165, 1.54) is 334 Å². The Morgan fingerprint density at radius 2 is 0.595 bits per heavy atom. The van der Waals surface area contributed by atoms with Crippen molar-refractivity contribution < 1.29 is 89.4 Å². The fourth-order valence-corrected chi connectivity index (χ4v) is 16.0. The molecule has 0 aliphatic carbocycles. The van der Waals surface area contributed by atoms with E-state index in [9.17, 15) is 61.0 Å². The van der Waals surface area contributed by atoms with E-state index in [1.807, 2.05) is 6.08 Å². The Hall–Kier alpha value is -1.99. The average molecular weight is 1580 g/mol. The molecular formula is C92H173NO18. The van der Waals surface area contributed by atoms with E-state index < -0.39 is 124 Å². The zero-order chi connectivity index (χ0) is 80.3. The Morgan fingerprint density at radius 3 is 0.919 bits per heavy atom. The molecule has 12 N–H and O–H groups in total. The van der Waals surface area contributed by atoms with Crippen LogP contribution < -0.4 is 5.32 Å². The molecule has 0 radical (unpaired) electrons. The number of hydrogen-bond donors (Lipinski definition) is 12. The first-order chi connectivity index (χ1) is 54.3. The largest absolute Gasteiger partial charge is 0.394 e. The summed E-state index contributed by atoms with van der Waals surface area (Å²) in [6.07, 6.45) is 66.0. The van der Waals surface area contributed by atoms with E-state index in [4.69, 9.17) is 28.4 Å². The normalized spacial score (nSPS) is 25.1. The molecule has 1 amide bonds. The maximum absolute atomic E-state index is 13.5. The molecule has 3 aliphatic heterocycles. The standard InChI is InChI=1S/C92H173NO18/c1-3-5-7-9-11-13-15-17-19-21-23-25-27-29-31-32-33-34-35-36-37-38-39-40-41-42-44-46-48-50-52-54-56-58-60-62-64-66-68-70-80(98)93-75(76(97)69-67-65-63-61-59-57-55-53-51-49-47-45-43-30-28-26-24-22-20-18-16-14-12-10-8-6-4-2)74-106-90-86(104)83(101)88(78(72-95)108-90)111-92-87(105)84(102)89(79(73-96)109-92)110-91-85(103)82(100)81(99)77(71-94)107-91/h15,17,21,23,67,69,75-79,81-92,94-97,99-105H,3-14,16,18-20,22,24-66,68,70-74H2,1-2H3,(H,93,98)/b17-15-,23-21-,69-67+. The summed E-state index contributed by atoms with van der Waals surface area (Å²) in [6.45, 7) is 1.80. The van der Waals surface area contributed by atoms with Gasteiger partial charge in [-0.3, -0.25) is 4.79 Å². The number of allylic oxidation sites excluding steroid dienone is 5. The molecule has 0 bridgehead atoms. The molecule has 0 aromatic rings. The number of rotatable bonds is 77. The molecule has 3 rings (SSSR count). The van der Waals surface area contributed by atoms with E-state index in [-0.39, 0.29) is 18.9 Å². The van der Waals surface area contributed by atoms with Crippen molar-refractivity contribution in [1.82, 2.24) is 5.32 Å². The van der Waals surface area contributed by atoms with Gasteiger partial charge in [0.25, 0.3) is 0 Å². The van der Waals surface area contributed by atoms with Crippen molar-refractivity contribution in [1.29, 1.82) is 0 Å². The lowest BCUT2D eigenvalue weighted by Crippen LogP contribution is -2.66. The SMILES string of the molecule is CCCCCCC/C=C\C/C=C\CCCCCCCCCCCCCCCCCCCCCCCCCCCCCC(=O)NC(COC1OC(CO)C(OC2OC(CO)C(OC3OC(CO)C(O)C(O)C3O)C(O)C2O)C(O)C1O)C(O)/C=C/CCCCCCCCCCCCCCCCCCCCCCCCCCC. The van der Waals surface area contributed by atoms with Gasteiger partial charge in [-0.1, -0.05) is 391 Å². The highest BCUT2D eigenvalue weighted by Crippen LogP contribution is 2.34. The van der Waals surface area contributed by atoms with Crippen LogP contribution in [0.3, 0.4) is 0 Å². The van der Waals surface area contributed by atoms with E-state index >= 15 is 0 Å². The van der Waals surface area contributed by atoms with Crippen LogP contribution in [-0.2, 0) is 33.2 Å². The van der Waals surface area contributed by atoms with Gasteiger partial charge in [-0.05, 0) is 51.4 Å². The maximum atomic E-state index is 13.5. The van der Waals surface area contributed by atoms with Gasteiger partial charge in [-0.15, -0.1) is 0 Å². The number of aliphatic hydroxyl groups excluding tert-OH is 11. The minimum absolute atomic E-state index is 0.249. The summed E-state index contributed by atoms with van der Waals surface area (Å²) in [6, 6.07) is -0.973. The van der Waals surface area contributed by atoms with Gasteiger partial charge in [-0.25, -0.2) is 0 Å². The van der Waals surface area contributed by atoms with Crippen LogP contribution in [0.4, 0.5) is 0 Å². The monoisotopic (exact) mass is 1580 g/mol. The number of carbonyl (C=O) groups is 1. The van der Waals surface area contributed by atoms with Crippen molar-refractivity contribution in [3.05, 3.63) is 36.5 Å². The van der Waals surface area contributed by atoms with Crippen LogP contribution in [0.15, 0.2) is 36.5 Å². The quantitative estimate of drug-likeness (QED) is 0.0199. The van der Waals surface area contributed by atoms with Gasteiger partial charge in [-0.2, -0.15) is 0 Å². The van der Waals surface area contributed by atoms with Crippen LogP contribution in [0, 0.1) is 0 Å². The van der Waals surface area contributed by atoms with Crippen molar-refractivity contribution in [2.24, 2.45) is 0 Å². The Balaban J connectivity index is 1.30. The maximum Gasteiger partial charge on any atom is 0.220 e.